The van der Waals surface area contributed by atoms with Crippen molar-refractivity contribution >= 4 is 33.2 Å². The highest BCUT2D eigenvalue weighted by molar-refractivity contribution is 7.92. The summed E-state index contributed by atoms with van der Waals surface area (Å²) in [5.74, 6) is -1.54. The molecule has 3 aromatic carbocycles. The fourth-order valence-corrected chi connectivity index (χ4v) is 4.07. The average molecular weight is 451 g/mol. The lowest BCUT2D eigenvalue weighted by molar-refractivity contribution is 0.0783. The van der Waals surface area contributed by atoms with Crippen LogP contribution in [0.25, 0.3) is 0 Å². The van der Waals surface area contributed by atoms with Gasteiger partial charge in [0.25, 0.3) is 15.9 Å². The lowest BCUT2D eigenvalue weighted by Crippen LogP contribution is -2.27. The van der Waals surface area contributed by atoms with Crippen molar-refractivity contribution in [3.05, 3.63) is 94.5 Å². The number of benzene rings is 3. The van der Waals surface area contributed by atoms with Gasteiger partial charge in [-0.1, -0.05) is 23.7 Å². The first kappa shape index (κ1) is 21.7. The molecule has 5 nitrogen and oxygen atoms in total. The van der Waals surface area contributed by atoms with Gasteiger partial charge in [-0.05, 0) is 54.6 Å². The highest BCUT2D eigenvalue weighted by Crippen LogP contribution is 2.22. The van der Waals surface area contributed by atoms with Gasteiger partial charge in [0.1, 0.15) is 11.6 Å². The summed E-state index contributed by atoms with van der Waals surface area (Å²) in [4.78, 5) is 13.8. The van der Waals surface area contributed by atoms with E-state index in [0.717, 1.165) is 12.1 Å². The first-order valence-corrected chi connectivity index (χ1v) is 10.6. The summed E-state index contributed by atoms with van der Waals surface area (Å²) >= 11 is 6.01. The molecule has 0 aromatic heterocycles. The molecule has 0 aliphatic carbocycles. The Hall–Kier alpha value is -2.97. The SMILES string of the molecule is CN(Cc1c(F)cccc1Cl)C(=O)c1cccc(S(=O)(=O)Nc2ccc(F)cc2)c1. The van der Waals surface area contributed by atoms with Crippen LogP contribution in [0.3, 0.4) is 0 Å². The molecule has 0 atom stereocenters. The third kappa shape index (κ3) is 4.95. The Kier molecular flexibility index (Phi) is 6.38. The number of carbonyl (C=O) groups is 1. The second kappa shape index (κ2) is 8.81. The van der Waals surface area contributed by atoms with E-state index in [0.29, 0.717) is 0 Å². The molecule has 1 N–H and O–H groups in total. The summed E-state index contributed by atoms with van der Waals surface area (Å²) in [6.45, 7) is -0.0881. The van der Waals surface area contributed by atoms with E-state index in [-0.39, 0.29) is 33.3 Å². The number of halogens is 3. The van der Waals surface area contributed by atoms with Gasteiger partial charge >= 0.3 is 0 Å². The number of amides is 1. The first-order valence-electron chi connectivity index (χ1n) is 8.74. The molecule has 3 aromatic rings. The largest absolute Gasteiger partial charge is 0.337 e. The Morgan fingerprint density at radius 2 is 1.70 bits per heavy atom. The first-order chi connectivity index (χ1) is 14.2. The van der Waals surface area contributed by atoms with Gasteiger partial charge in [-0.25, -0.2) is 17.2 Å². The summed E-state index contributed by atoms with van der Waals surface area (Å²) in [6, 6.07) is 14.5. The summed E-state index contributed by atoms with van der Waals surface area (Å²) in [5, 5.41) is 0.189. The fourth-order valence-electron chi connectivity index (χ4n) is 2.74. The van der Waals surface area contributed by atoms with Crippen LogP contribution in [-0.2, 0) is 16.6 Å². The highest BCUT2D eigenvalue weighted by atomic mass is 35.5. The smallest absolute Gasteiger partial charge is 0.261 e. The molecular formula is C21H17ClF2N2O3S. The van der Waals surface area contributed by atoms with E-state index >= 15 is 0 Å². The molecule has 3 rings (SSSR count). The molecule has 0 aliphatic heterocycles. The van der Waals surface area contributed by atoms with Crippen LogP contribution in [0.2, 0.25) is 5.02 Å². The zero-order valence-corrected chi connectivity index (χ0v) is 17.3. The minimum absolute atomic E-state index is 0.0881. The summed E-state index contributed by atoms with van der Waals surface area (Å²) in [5.41, 5.74) is 0.447. The molecule has 0 saturated carbocycles. The number of nitrogens with one attached hydrogen (secondary N) is 1. The van der Waals surface area contributed by atoms with Crippen molar-refractivity contribution in [3.8, 4) is 0 Å². The molecule has 0 aliphatic rings. The predicted molar refractivity (Wildman–Crippen MR) is 111 cm³/mol. The monoisotopic (exact) mass is 450 g/mol. The van der Waals surface area contributed by atoms with E-state index in [9.17, 15) is 22.0 Å². The topological polar surface area (TPSA) is 66.5 Å². The van der Waals surface area contributed by atoms with Crippen molar-refractivity contribution in [2.24, 2.45) is 0 Å². The van der Waals surface area contributed by atoms with Gasteiger partial charge in [-0.15, -0.1) is 0 Å². The van der Waals surface area contributed by atoms with Gasteiger partial charge in [0.05, 0.1) is 4.90 Å². The maximum Gasteiger partial charge on any atom is 0.261 e. The van der Waals surface area contributed by atoms with E-state index < -0.39 is 27.6 Å². The Morgan fingerprint density at radius 1 is 1.03 bits per heavy atom. The number of rotatable bonds is 6. The summed E-state index contributed by atoms with van der Waals surface area (Å²) in [7, 11) is -2.54. The minimum Gasteiger partial charge on any atom is -0.337 e. The fraction of sp³-hybridized carbons (Fsp3) is 0.0952. The minimum atomic E-state index is -4.00. The maximum absolute atomic E-state index is 14.0. The normalized spacial score (nSPS) is 11.2. The molecule has 156 valence electrons. The molecule has 0 unspecified atom stereocenters. The van der Waals surface area contributed by atoms with E-state index in [4.69, 9.17) is 11.6 Å². The van der Waals surface area contributed by atoms with Crippen molar-refractivity contribution in [2.75, 3.05) is 11.8 Å². The van der Waals surface area contributed by atoms with Crippen LogP contribution in [0, 0.1) is 11.6 Å². The Balaban J connectivity index is 1.81. The number of anilines is 1. The van der Waals surface area contributed by atoms with Crippen LogP contribution in [0.5, 0.6) is 0 Å². The zero-order valence-electron chi connectivity index (χ0n) is 15.8. The van der Waals surface area contributed by atoms with Crippen LogP contribution in [0.15, 0.2) is 71.6 Å². The van der Waals surface area contributed by atoms with Gasteiger partial charge in [0.2, 0.25) is 0 Å². The molecule has 0 bridgehead atoms. The van der Waals surface area contributed by atoms with Crippen molar-refractivity contribution < 1.29 is 22.0 Å². The molecule has 0 saturated heterocycles. The van der Waals surface area contributed by atoms with Crippen LogP contribution in [-0.4, -0.2) is 26.3 Å². The second-order valence-corrected chi connectivity index (χ2v) is 8.59. The van der Waals surface area contributed by atoms with Crippen LogP contribution in [0.1, 0.15) is 15.9 Å². The third-order valence-corrected chi connectivity index (χ3v) is 6.02. The second-order valence-electron chi connectivity index (χ2n) is 6.50. The molecule has 9 heteroatoms. The van der Waals surface area contributed by atoms with Gasteiger partial charge < -0.3 is 4.90 Å². The summed E-state index contributed by atoms with van der Waals surface area (Å²) < 4.78 is 54.6. The molecule has 0 radical (unpaired) electrons. The van der Waals surface area contributed by atoms with E-state index in [1.54, 1.807) is 0 Å². The van der Waals surface area contributed by atoms with E-state index in [1.807, 2.05) is 0 Å². The number of carbonyl (C=O) groups excluding carboxylic acids is 1. The molecule has 0 spiro atoms. The van der Waals surface area contributed by atoms with Crippen molar-refractivity contribution in [2.45, 2.75) is 11.4 Å². The quantitative estimate of drug-likeness (QED) is 0.592. The lowest BCUT2D eigenvalue weighted by Gasteiger charge is -2.19. The highest BCUT2D eigenvalue weighted by Gasteiger charge is 2.20. The predicted octanol–water partition coefficient (Wildman–Crippen LogP) is 4.69. The van der Waals surface area contributed by atoms with E-state index in [1.165, 1.54) is 66.5 Å². The van der Waals surface area contributed by atoms with Crippen molar-refractivity contribution in [3.63, 3.8) is 0 Å². The number of nitrogens with zero attached hydrogens (tertiary/aromatic N) is 1. The summed E-state index contributed by atoms with van der Waals surface area (Å²) in [6.07, 6.45) is 0. The van der Waals surface area contributed by atoms with E-state index in [2.05, 4.69) is 4.72 Å². The van der Waals surface area contributed by atoms with Crippen LogP contribution in [0.4, 0.5) is 14.5 Å². The van der Waals surface area contributed by atoms with Gasteiger partial charge in [0.15, 0.2) is 0 Å². The molecule has 30 heavy (non-hydrogen) atoms. The number of hydrogen-bond donors (Lipinski definition) is 1. The Morgan fingerprint density at radius 3 is 2.37 bits per heavy atom. The maximum atomic E-state index is 14.0. The third-order valence-electron chi connectivity index (χ3n) is 4.29. The van der Waals surface area contributed by atoms with Gasteiger partial charge in [-0.3, -0.25) is 9.52 Å². The Bertz CT molecular complexity index is 1160. The average Bonchev–Trinajstić information content (AvgIpc) is 2.72. The number of sulfonamides is 1. The zero-order chi connectivity index (χ0) is 21.9. The molecular weight excluding hydrogens is 434 g/mol. The Labute approximate surface area is 178 Å². The van der Waals surface area contributed by atoms with Crippen molar-refractivity contribution in [1.82, 2.24) is 4.90 Å². The molecule has 0 heterocycles. The van der Waals surface area contributed by atoms with Gasteiger partial charge in [-0.2, -0.15) is 0 Å². The van der Waals surface area contributed by atoms with Crippen molar-refractivity contribution in [1.29, 1.82) is 0 Å². The van der Waals surface area contributed by atoms with Crippen LogP contribution < -0.4 is 4.72 Å². The van der Waals surface area contributed by atoms with Gasteiger partial charge in [0, 0.05) is 35.4 Å². The molecule has 0 fully saturated rings. The lowest BCUT2D eigenvalue weighted by atomic mass is 10.1. The number of hydrogen-bond acceptors (Lipinski definition) is 3. The standard InChI is InChI=1S/C21H17ClF2N2O3S/c1-26(13-18-19(22)6-3-7-20(18)24)21(27)14-4-2-5-17(12-14)30(28,29)25-16-10-8-15(23)9-11-16/h2-12,25H,13H2,1H3. The van der Waals surface area contributed by atoms with Crippen LogP contribution >= 0.6 is 11.6 Å². The molecule has 1 amide bonds.